The fraction of sp³-hybridized carbons (Fsp3) is 0.0714. The van der Waals surface area contributed by atoms with Crippen molar-refractivity contribution in [3.63, 3.8) is 0 Å². The molecule has 0 aliphatic carbocycles. The molecule has 6 heteroatoms. The Morgan fingerprint density at radius 1 is 1.25 bits per heavy atom. The van der Waals surface area contributed by atoms with E-state index in [2.05, 4.69) is 5.32 Å². The van der Waals surface area contributed by atoms with E-state index in [1.807, 2.05) is 0 Å². The molecule has 0 saturated heterocycles. The van der Waals surface area contributed by atoms with E-state index in [1.54, 1.807) is 24.3 Å². The van der Waals surface area contributed by atoms with E-state index in [4.69, 9.17) is 17.3 Å². The number of hydrogen-bond acceptors (Lipinski definition) is 4. The van der Waals surface area contributed by atoms with Gasteiger partial charge in [0.15, 0.2) is 11.5 Å². The van der Waals surface area contributed by atoms with Gasteiger partial charge in [-0.1, -0.05) is 23.7 Å². The van der Waals surface area contributed by atoms with Crippen LogP contribution >= 0.6 is 11.6 Å². The van der Waals surface area contributed by atoms with Gasteiger partial charge in [-0.2, -0.15) is 0 Å². The van der Waals surface area contributed by atoms with Gasteiger partial charge in [-0.3, -0.25) is 4.79 Å². The predicted molar refractivity (Wildman–Crippen MR) is 77.1 cm³/mol. The van der Waals surface area contributed by atoms with Gasteiger partial charge in [0.05, 0.1) is 10.6 Å². The largest absolute Gasteiger partial charge is 0.504 e. The molecule has 0 aromatic heterocycles. The third-order valence-electron chi connectivity index (χ3n) is 2.81. The lowest BCUT2D eigenvalue weighted by molar-refractivity contribution is 0.100. The third kappa shape index (κ3) is 2.95. The van der Waals surface area contributed by atoms with Gasteiger partial charge in [0.2, 0.25) is 5.91 Å². The maximum atomic E-state index is 11.2. The Morgan fingerprint density at radius 2 is 2.00 bits per heavy atom. The number of para-hydroxylation sites is 1. The molecule has 2 rings (SSSR count). The average Bonchev–Trinajstić information content (AvgIpc) is 2.41. The van der Waals surface area contributed by atoms with Gasteiger partial charge in [-0.05, 0) is 24.3 Å². The zero-order valence-corrected chi connectivity index (χ0v) is 11.2. The summed E-state index contributed by atoms with van der Waals surface area (Å²) in [6, 6.07) is 9.48. The minimum Gasteiger partial charge on any atom is -0.504 e. The highest BCUT2D eigenvalue weighted by Gasteiger charge is 2.09. The van der Waals surface area contributed by atoms with Crippen LogP contribution in [0.15, 0.2) is 36.4 Å². The summed E-state index contributed by atoms with van der Waals surface area (Å²) in [7, 11) is 0. The van der Waals surface area contributed by atoms with Gasteiger partial charge in [-0.25, -0.2) is 0 Å². The first kappa shape index (κ1) is 14.0. The predicted octanol–water partition coefficient (Wildman–Crippen LogP) is 2.46. The van der Waals surface area contributed by atoms with E-state index < -0.39 is 5.91 Å². The second kappa shape index (κ2) is 5.71. The Kier molecular flexibility index (Phi) is 4.00. The maximum absolute atomic E-state index is 11.2. The highest BCUT2D eigenvalue weighted by Crippen LogP contribution is 2.29. The summed E-state index contributed by atoms with van der Waals surface area (Å²) in [5.41, 5.74) is 6.59. The van der Waals surface area contributed by atoms with E-state index in [0.29, 0.717) is 11.3 Å². The highest BCUT2D eigenvalue weighted by atomic mass is 35.5. The number of carbonyl (C=O) groups excluding carboxylic acids is 1. The number of primary amides is 1. The number of phenols is 2. The third-order valence-corrected chi connectivity index (χ3v) is 3.14. The number of anilines is 1. The van der Waals surface area contributed by atoms with E-state index >= 15 is 0 Å². The number of aromatic hydroxyl groups is 2. The first-order valence-electron chi connectivity index (χ1n) is 5.82. The van der Waals surface area contributed by atoms with Crippen molar-refractivity contribution in [1.29, 1.82) is 0 Å². The molecule has 0 atom stereocenters. The minimum atomic E-state index is -0.612. The van der Waals surface area contributed by atoms with Gasteiger partial charge < -0.3 is 21.3 Å². The van der Waals surface area contributed by atoms with Crippen LogP contribution in [-0.2, 0) is 6.54 Å². The number of amides is 1. The molecule has 0 spiro atoms. The number of nitrogens with one attached hydrogen (secondary N) is 1. The number of phenolic OH excluding ortho intramolecular Hbond substituents is 2. The standard InChI is InChI=1S/C14H13ClN2O3/c15-11-5-4-9(6-10(11)14(16)20)17-7-8-2-1-3-12(18)13(8)19/h1-6,17-19H,7H2,(H2,16,20). The normalized spacial score (nSPS) is 10.2. The molecule has 0 fully saturated rings. The number of rotatable bonds is 4. The number of halogens is 1. The molecular weight excluding hydrogens is 280 g/mol. The van der Waals surface area contributed by atoms with Crippen molar-refractivity contribution in [3.8, 4) is 11.5 Å². The Bertz CT molecular complexity index is 659. The summed E-state index contributed by atoms with van der Waals surface area (Å²) in [6.07, 6.45) is 0. The number of carbonyl (C=O) groups is 1. The van der Waals surface area contributed by atoms with E-state index in [-0.39, 0.29) is 28.6 Å². The molecule has 2 aromatic rings. The van der Waals surface area contributed by atoms with Crippen LogP contribution in [0.2, 0.25) is 5.02 Å². The molecule has 5 nitrogen and oxygen atoms in total. The molecule has 0 heterocycles. The minimum absolute atomic E-state index is 0.177. The molecule has 20 heavy (non-hydrogen) atoms. The van der Waals surface area contributed by atoms with Crippen LogP contribution in [0.4, 0.5) is 5.69 Å². The van der Waals surface area contributed by atoms with Gasteiger partial charge in [0.25, 0.3) is 0 Å². The van der Waals surface area contributed by atoms with Crippen molar-refractivity contribution in [2.75, 3.05) is 5.32 Å². The van der Waals surface area contributed by atoms with Crippen LogP contribution in [0.1, 0.15) is 15.9 Å². The summed E-state index contributed by atoms with van der Waals surface area (Å²) in [5.74, 6) is -0.971. The van der Waals surface area contributed by atoms with Crippen LogP contribution in [0, 0.1) is 0 Å². The number of nitrogens with two attached hydrogens (primary N) is 1. The Balaban J connectivity index is 2.17. The second-order valence-electron chi connectivity index (χ2n) is 4.20. The summed E-state index contributed by atoms with van der Waals surface area (Å²) in [5, 5.41) is 22.4. The van der Waals surface area contributed by atoms with Gasteiger partial charge in [-0.15, -0.1) is 0 Å². The summed E-state index contributed by atoms with van der Waals surface area (Å²) in [6.45, 7) is 0.278. The molecule has 0 unspecified atom stereocenters. The highest BCUT2D eigenvalue weighted by molar-refractivity contribution is 6.33. The number of benzene rings is 2. The lowest BCUT2D eigenvalue weighted by Crippen LogP contribution is -2.12. The maximum Gasteiger partial charge on any atom is 0.250 e. The summed E-state index contributed by atoms with van der Waals surface area (Å²) < 4.78 is 0. The lowest BCUT2D eigenvalue weighted by atomic mass is 10.1. The Hall–Kier alpha value is -2.40. The topological polar surface area (TPSA) is 95.6 Å². The molecule has 0 bridgehead atoms. The van der Waals surface area contributed by atoms with Crippen molar-refractivity contribution >= 4 is 23.2 Å². The Morgan fingerprint density at radius 3 is 2.70 bits per heavy atom. The van der Waals surface area contributed by atoms with Crippen LogP contribution in [-0.4, -0.2) is 16.1 Å². The van der Waals surface area contributed by atoms with Crippen LogP contribution in [0.3, 0.4) is 0 Å². The molecule has 1 amide bonds. The summed E-state index contributed by atoms with van der Waals surface area (Å²) >= 11 is 5.85. The summed E-state index contributed by atoms with van der Waals surface area (Å²) in [4.78, 5) is 11.2. The zero-order valence-electron chi connectivity index (χ0n) is 10.4. The number of hydrogen-bond donors (Lipinski definition) is 4. The average molecular weight is 293 g/mol. The first-order valence-corrected chi connectivity index (χ1v) is 6.20. The van der Waals surface area contributed by atoms with Crippen LogP contribution < -0.4 is 11.1 Å². The quantitative estimate of drug-likeness (QED) is 0.651. The van der Waals surface area contributed by atoms with Crippen molar-refractivity contribution in [2.45, 2.75) is 6.54 Å². The second-order valence-corrected chi connectivity index (χ2v) is 4.60. The zero-order chi connectivity index (χ0) is 14.7. The molecule has 5 N–H and O–H groups in total. The van der Waals surface area contributed by atoms with E-state index in [0.717, 1.165) is 0 Å². The van der Waals surface area contributed by atoms with Gasteiger partial charge >= 0.3 is 0 Å². The van der Waals surface area contributed by atoms with Crippen molar-refractivity contribution in [3.05, 3.63) is 52.5 Å². The van der Waals surface area contributed by atoms with Crippen LogP contribution in [0.25, 0.3) is 0 Å². The molecule has 104 valence electrons. The van der Waals surface area contributed by atoms with Crippen molar-refractivity contribution < 1.29 is 15.0 Å². The van der Waals surface area contributed by atoms with Crippen molar-refractivity contribution in [2.24, 2.45) is 5.73 Å². The smallest absolute Gasteiger partial charge is 0.250 e. The molecule has 0 saturated carbocycles. The molecule has 0 aliphatic heterocycles. The fourth-order valence-corrected chi connectivity index (χ4v) is 1.95. The van der Waals surface area contributed by atoms with Crippen molar-refractivity contribution in [1.82, 2.24) is 0 Å². The lowest BCUT2D eigenvalue weighted by Gasteiger charge is -2.10. The van der Waals surface area contributed by atoms with E-state index in [1.165, 1.54) is 12.1 Å². The fourth-order valence-electron chi connectivity index (χ4n) is 1.74. The first-order chi connectivity index (χ1) is 9.49. The van der Waals surface area contributed by atoms with E-state index in [9.17, 15) is 15.0 Å². The SMILES string of the molecule is NC(=O)c1cc(NCc2cccc(O)c2O)ccc1Cl. The molecule has 0 aliphatic rings. The van der Waals surface area contributed by atoms with Gasteiger partial charge in [0.1, 0.15) is 0 Å². The van der Waals surface area contributed by atoms with Crippen LogP contribution in [0.5, 0.6) is 11.5 Å². The molecule has 0 radical (unpaired) electrons. The monoisotopic (exact) mass is 292 g/mol. The Labute approximate surface area is 120 Å². The molecular formula is C14H13ClN2O3. The molecule has 2 aromatic carbocycles. The van der Waals surface area contributed by atoms with Gasteiger partial charge in [0, 0.05) is 17.8 Å².